The van der Waals surface area contributed by atoms with Crippen LogP contribution < -0.4 is 5.73 Å². The lowest BCUT2D eigenvalue weighted by Gasteiger charge is -2.39. The Hall–Kier alpha value is -0.160. The van der Waals surface area contributed by atoms with Gasteiger partial charge in [-0.05, 0) is 26.7 Å². The summed E-state index contributed by atoms with van der Waals surface area (Å²) in [6.45, 7) is 9.04. The van der Waals surface area contributed by atoms with Crippen LogP contribution in [0.3, 0.4) is 0 Å². The van der Waals surface area contributed by atoms with E-state index in [1.165, 1.54) is 0 Å². The first-order valence-corrected chi connectivity index (χ1v) is 6.24. The highest BCUT2D eigenvalue weighted by Gasteiger charge is 2.27. The molecule has 0 saturated carbocycles. The minimum absolute atomic E-state index is 0.0406. The first-order valence-electron chi connectivity index (χ1n) is 6.24. The first kappa shape index (κ1) is 13.9. The molecule has 3 N–H and O–H groups in total. The third-order valence-electron chi connectivity index (χ3n) is 3.37. The van der Waals surface area contributed by atoms with Gasteiger partial charge in [0, 0.05) is 24.7 Å². The number of hydrogen-bond acceptors (Lipinski definition) is 4. The predicted molar refractivity (Wildman–Crippen MR) is 65.4 cm³/mol. The zero-order chi connectivity index (χ0) is 12.2. The van der Waals surface area contributed by atoms with E-state index in [2.05, 4.69) is 18.7 Å². The van der Waals surface area contributed by atoms with Gasteiger partial charge in [0.05, 0.1) is 19.3 Å². The van der Waals surface area contributed by atoms with Crippen molar-refractivity contribution in [3.05, 3.63) is 0 Å². The molecule has 0 aromatic heterocycles. The van der Waals surface area contributed by atoms with Crippen molar-refractivity contribution in [2.24, 2.45) is 5.73 Å². The molecule has 3 unspecified atom stereocenters. The van der Waals surface area contributed by atoms with Crippen molar-refractivity contribution < 1.29 is 9.84 Å². The van der Waals surface area contributed by atoms with Gasteiger partial charge in [-0.15, -0.1) is 0 Å². The Morgan fingerprint density at radius 1 is 1.62 bits per heavy atom. The molecule has 1 aliphatic heterocycles. The molecule has 1 rings (SSSR count). The zero-order valence-electron chi connectivity index (χ0n) is 10.8. The van der Waals surface area contributed by atoms with Crippen LogP contribution in [0.5, 0.6) is 0 Å². The summed E-state index contributed by atoms with van der Waals surface area (Å²) >= 11 is 0. The van der Waals surface area contributed by atoms with E-state index in [0.717, 1.165) is 32.5 Å². The van der Waals surface area contributed by atoms with Gasteiger partial charge in [0.2, 0.25) is 0 Å². The van der Waals surface area contributed by atoms with Gasteiger partial charge in [-0.2, -0.15) is 0 Å². The van der Waals surface area contributed by atoms with Gasteiger partial charge in [0.1, 0.15) is 0 Å². The minimum atomic E-state index is -0.473. The summed E-state index contributed by atoms with van der Waals surface area (Å²) in [5.74, 6) is 0. The second kappa shape index (κ2) is 5.96. The number of hydrogen-bond donors (Lipinski definition) is 2. The van der Waals surface area contributed by atoms with Crippen molar-refractivity contribution in [3.8, 4) is 0 Å². The lowest BCUT2D eigenvalue weighted by atomic mass is 9.94. The van der Waals surface area contributed by atoms with Crippen molar-refractivity contribution >= 4 is 0 Å². The van der Waals surface area contributed by atoms with E-state index in [1.54, 1.807) is 0 Å². The van der Waals surface area contributed by atoms with Crippen LogP contribution in [0.4, 0.5) is 0 Å². The van der Waals surface area contributed by atoms with Crippen LogP contribution in [0.2, 0.25) is 0 Å². The largest absolute Gasteiger partial charge is 0.394 e. The van der Waals surface area contributed by atoms with Gasteiger partial charge in [0.15, 0.2) is 0 Å². The van der Waals surface area contributed by atoms with E-state index in [-0.39, 0.29) is 6.61 Å². The van der Waals surface area contributed by atoms with Crippen molar-refractivity contribution in [2.45, 2.75) is 51.3 Å². The molecule has 1 saturated heterocycles. The Labute approximate surface area is 98.8 Å². The second-order valence-corrected chi connectivity index (χ2v) is 5.26. The Morgan fingerprint density at radius 3 is 2.88 bits per heavy atom. The van der Waals surface area contributed by atoms with Crippen molar-refractivity contribution in [1.82, 2.24) is 4.90 Å². The summed E-state index contributed by atoms with van der Waals surface area (Å²) in [4.78, 5) is 2.42. The lowest BCUT2D eigenvalue weighted by Crippen LogP contribution is -2.51. The Kier molecular flexibility index (Phi) is 5.18. The Balaban J connectivity index is 2.44. The summed E-state index contributed by atoms with van der Waals surface area (Å²) in [5, 5.41) is 9.17. The SMILES string of the molecule is CCC1CN(C(C)CC(C)(N)CO)CCO1. The predicted octanol–water partition coefficient (Wildman–Crippen LogP) is 0.586. The molecule has 1 heterocycles. The maximum atomic E-state index is 9.17. The van der Waals surface area contributed by atoms with Crippen LogP contribution in [0, 0.1) is 0 Å². The lowest BCUT2D eigenvalue weighted by molar-refractivity contribution is -0.0461. The van der Waals surface area contributed by atoms with Gasteiger partial charge in [-0.3, -0.25) is 4.90 Å². The molecule has 4 nitrogen and oxygen atoms in total. The smallest absolute Gasteiger partial charge is 0.0700 e. The average molecular weight is 230 g/mol. The molecule has 0 aromatic carbocycles. The summed E-state index contributed by atoms with van der Waals surface area (Å²) in [6.07, 6.45) is 2.23. The summed E-state index contributed by atoms with van der Waals surface area (Å²) < 4.78 is 5.64. The van der Waals surface area contributed by atoms with E-state index in [1.807, 2.05) is 6.92 Å². The van der Waals surface area contributed by atoms with Gasteiger partial charge >= 0.3 is 0 Å². The fraction of sp³-hybridized carbons (Fsp3) is 1.00. The number of rotatable bonds is 5. The molecular weight excluding hydrogens is 204 g/mol. The normalized spacial score (nSPS) is 28.7. The van der Waals surface area contributed by atoms with E-state index < -0.39 is 5.54 Å². The highest BCUT2D eigenvalue weighted by Crippen LogP contribution is 2.17. The topological polar surface area (TPSA) is 58.7 Å². The quantitative estimate of drug-likeness (QED) is 0.725. The van der Waals surface area contributed by atoms with Crippen molar-refractivity contribution in [2.75, 3.05) is 26.3 Å². The van der Waals surface area contributed by atoms with Gasteiger partial charge in [-0.25, -0.2) is 0 Å². The molecule has 0 bridgehead atoms. The van der Waals surface area contributed by atoms with Crippen molar-refractivity contribution in [1.29, 1.82) is 0 Å². The molecule has 0 aliphatic carbocycles. The molecule has 1 fully saturated rings. The van der Waals surface area contributed by atoms with E-state index in [4.69, 9.17) is 10.5 Å². The number of aliphatic hydroxyl groups excluding tert-OH is 1. The highest BCUT2D eigenvalue weighted by molar-refractivity contribution is 4.85. The number of nitrogens with zero attached hydrogens (tertiary/aromatic N) is 1. The van der Waals surface area contributed by atoms with Gasteiger partial charge in [-0.1, -0.05) is 6.92 Å². The van der Waals surface area contributed by atoms with Crippen LogP contribution in [0.1, 0.15) is 33.6 Å². The third-order valence-corrected chi connectivity index (χ3v) is 3.37. The monoisotopic (exact) mass is 230 g/mol. The van der Waals surface area contributed by atoms with Gasteiger partial charge in [0.25, 0.3) is 0 Å². The van der Waals surface area contributed by atoms with Crippen LogP contribution in [-0.2, 0) is 4.74 Å². The maximum absolute atomic E-state index is 9.17. The number of ether oxygens (including phenoxy) is 1. The average Bonchev–Trinajstić information content (AvgIpc) is 2.28. The van der Waals surface area contributed by atoms with E-state index in [9.17, 15) is 5.11 Å². The number of nitrogens with two attached hydrogens (primary N) is 1. The highest BCUT2D eigenvalue weighted by atomic mass is 16.5. The molecule has 96 valence electrons. The molecule has 0 radical (unpaired) electrons. The summed E-state index contributed by atoms with van der Waals surface area (Å²) in [5.41, 5.74) is 5.51. The third kappa shape index (κ3) is 4.01. The number of aliphatic hydroxyl groups is 1. The summed E-state index contributed by atoms with van der Waals surface area (Å²) in [7, 11) is 0. The molecule has 4 heteroatoms. The van der Waals surface area contributed by atoms with Crippen LogP contribution in [-0.4, -0.2) is 54.0 Å². The molecule has 0 amide bonds. The van der Waals surface area contributed by atoms with E-state index in [0.29, 0.717) is 12.1 Å². The minimum Gasteiger partial charge on any atom is -0.394 e. The Morgan fingerprint density at radius 2 is 2.31 bits per heavy atom. The second-order valence-electron chi connectivity index (χ2n) is 5.26. The molecule has 3 atom stereocenters. The Bertz CT molecular complexity index is 209. The zero-order valence-corrected chi connectivity index (χ0v) is 10.8. The standard InChI is InChI=1S/C12H26N2O2/c1-4-11-8-14(5-6-16-11)10(2)7-12(3,13)9-15/h10-11,15H,4-9,13H2,1-3H3. The molecule has 16 heavy (non-hydrogen) atoms. The van der Waals surface area contributed by atoms with Gasteiger partial charge < -0.3 is 15.6 Å². The van der Waals surface area contributed by atoms with Crippen LogP contribution >= 0.6 is 0 Å². The van der Waals surface area contributed by atoms with Crippen LogP contribution in [0.25, 0.3) is 0 Å². The van der Waals surface area contributed by atoms with Crippen LogP contribution in [0.15, 0.2) is 0 Å². The fourth-order valence-corrected chi connectivity index (χ4v) is 2.26. The summed E-state index contributed by atoms with van der Waals surface area (Å²) in [6, 6.07) is 0.403. The fourth-order valence-electron chi connectivity index (χ4n) is 2.26. The molecular formula is C12H26N2O2. The maximum Gasteiger partial charge on any atom is 0.0700 e. The number of morpholine rings is 1. The van der Waals surface area contributed by atoms with Crippen molar-refractivity contribution in [3.63, 3.8) is 0 Å². The first-order chi connectivity index (χ1) is 7.48. The molecule has 1 aliphatic rings. The van der Waals surface area contributed by atoms with E-state index >= 15 is 0 Å². The molecule has 0 aromatic rings. The molecule has 0 spiro atoms.